The second kappa shape index (κ2) is 10.1. The number of pyridine rings is 1. The number of nitrogens with zero attached hydrogens (tertiary/aromatic N) is 1. The van der Waals surface area contributed by atoms with Gasteiger partial charge in [0.1, 0.15) is 5.82 Å². The lowest BCUT2D eigenvalue weighted by molar-refractivity contribution is -0.119. The van der Waals surface area contributed by atoms with Crippen LogP contribution in [0.15, 0.2) is 79.1 Å². The Labute approximate surface area is 197 Å². The van der Waals surface area contributed by atoms with Crippen LogP contribution >= 0.6 is 0 Å². The predicted molar refractivity (Wildman–Crippen MR) is 129 cm³/mol. The molecule has 0 saturated heterocycles. The zero-order valence-electron chi connectivity index (χ0n) is 18.9. The summed E-state index contributed by atoms with van der Waals surface area (Å²) in [6.07, 6.45) is 3.45. The minimum Gasteiger partial charge on any atom is -0.361 e. The number of nitrogens with one attached hydrogen (secondary N) is 3. The molecule has 2 aromatic carbocycles. The maximum Gasteiger partial charge on any atom is 0.254 e. The van der Waals surface area contributed by atoms with Gasteiger partial charge in [0.15, 0.2) is 0 Å². The second-order valence-corrected chi connectivity index (χ2v) is 8.03. The zero-order valence-corrected chi connectivity index (χ0v) is 18.9. The minimum atomic E-state index is -0.395. The first-order valence-corrected chi connectivity index (χ1v) is 10.9. The molecule has 4 aromatic rings. The van der Waals surface area contributed by atoms with Crippen LogP contribution in [0.25, 0.3) is 22.5 Å². The molecule has 2 aromatic heterocycles. The van der Waals surface area contributed by atoms with Gasteiger partial charge < -0.3 is 15.6 Å². The van der Waals surface area contributed by atoms with Gasteiger partial charge in [0, 0.05) is 37.0 Å². The smallest absolute Gasteiger partial charge is 0.254 e. The number of hydrogen-bond acceptors (Lipinski definition) is 3. The van der Waals surface area contributed by atoms with Crippen LogP contribution in [-0.2, 0) is 4.79 Å². The van der Waals surface area contributed by atoms with Crippen LogP contribution in [0.1, 0.15) is 34.5 Å². The first-order chi connectivity index (χ1) is 16.4. The van der Waals surface area contributed by atoms with Crippen LogP contribution in [0.2, 0.25) is 0 Å². The number of hydrogen-bond donors (Lipinski definition) is 3. The molecule has 4 rings (SSSR count). The van der Waals surface area contributed by atoms with Crippen LogP contribution in [0.5, 0.6) is 0 Å². The molecule has 0 fully saturated rings. The lowest BCUT2D eigenvalue weighted by Crippen LogP contribution is -2.37. The molecule has 0 aliphatic heterocycles. The molecule has 1 atom stereocenters. The fourth-order valence-corrected chi connectivity index (χ4v) is 3.77. The number of halogens is 1. The van der Waals surface area contributed by atoms with Crippen LogP contribution in [-0.4, -0.2) is 28.3 Å². The van der Waals surface area contributed by atoms with Crippen molar-refractivity contribution in [3.63, 3.8) is 0 Å². The average Bonchev–Trinajstić information content (AvgIpc) is 3.33. The molecule has 34 heavy (non-hydrogen) atoms. The highest BCUT2D eigenvalue weighted by atomic mass is 19.1. The number of rotatable bonds is 7. The topological polar surface area (TPSA) is 86.9 Å². The van der Waals surface area contributed by atoms with Crippen molar-refractivity contribution in [2.45, 2.75) is 19.9 Å². The van der Waals surface area contributed by atoms with E-state index in [0.29, 0.717) is 17.0 Å². The summed E-state index contributed by atoms with van der Waals surface area (Å²) in [5, 5.41) is 5.83. The Morgan fingerprint density at radius 1 is 1.06 bits per heavy atom. The summed E-state index contributed by atoms with van der Waals surface area (Å²) < 4.78 is 13.3. The maximum absolute atomic E-state index is 13.3. The van der Waals surface area contributed by atoms with Gasteiger partial charge in [-0.3, -0.25) is 14.6 Å². The number of aromatic amines is 1. The Morgan fingerprint density at radius 2 is 1.79 bits per heavy atom. The molecular formula is C27H25FN4O2. The molecule has 2 heterocycles. The van der Waals surface area contributed by atoms with E-state index in [2.05, 4.69) is 20.6 Å². The molecule has 0 aliphatic rings. The van der Waals surface area contributed by atoms with E-state index in [1.54, 1.807) is 30.6 Å². The molecule has 2 amide bonds. The quantitative estimate of drug-likeness (QED) is 0.373. The van der Waals surface area contributed by atoms with E-state index in [0.717, 1.165) is 22.3 Å². The van der Waals surface area contributed by atoms with E-state index in [4.69, 9.17) is 0 Å². The SMILES string of the molecule is CC(=O)NCC(NC(=O)c1cc[nH]c1-c1cc(-c2ccc(F)cc2)ncc1C)c1ccccc1. The average molecular weight is 457 g/mol. The number of carbonyl (C=O) groups excluding carboxylic acids is 2. The van der Waals surface area contributed by atoms with Crippen molar-refractivity contribution in [1.29, 1.82) is 0 Å². The lowest BCUT2D eigenvalue weighted by atomic mass is 10.0. The van der Waals surface area contributed by atoms with Crippen molar-refractivity contribution in [3.05, 3.63) is 102 Å². The Bertz CT molecular complexity index is 1300. The minimum absolute atomic E-state index is 0.168. The van der Waals surface area contributed by atoms with Gasteiger partial charge >= 0.3 is 0 Å². The van der Waals surface area contributed by atoms with Crippen LogP contribution in [0.3, 0.4) is 0 Å². The number of benzene rings is 2. The Balaban J connectivity index is 1.64. The number of amides is 2. The summed E-state index contributed by atoms with van der Waals surface area (Å²) in [5.74, 6) is -0.750. The molecule has 1 unspecified atom stereocenters. The summed E-state index contributed by atoms with van der Waals surface area (Å²) in [5.41, 5.74) is 5.19. The third kappa shape index (κ3) is 5.20. The molecule has 3 N–H and O–H groups in total. The van der Waals surface area contributed by atoms with Gasteiger partial charge in [-0.05, 0) is 54.4 Å². The van der Waals surface area contributed by atoms with Crippen molar-refractivity contribution in [1.82, 2.24) is 20.6 Å². The highest BCUT2D eigenvalue weighted by Gasteiger charge is 2.21. The Hall–Kier alpha value is -4.26. The maximum atomic E-state index is 13.3. The fourth-order valence-electron chi connectivity index (χ4n) is 3.77. The zero-order chi connectivity index (χ0) is 24.1. The molecule has 0 bridgehead atoms. The van der Waals surface area contributed by atoms with E-state index < -0.39 is 6.04 Å². The Kier molecular flexibility index (Phi) is 6.82. The van der Waals surface area contributed by atoms with Crippen LogP contribution in [0.4, 0.5) is 4.39 Å². The number of aryl methyl sites for hydroxylation is 1. The second-order valence-electron chi connectivity index (χ2n) is 8.03. The molecule has 0 spiro atoms. The fraction of sp³-hybridized carbons (Fsp3) is 0.148. The number of carbonyl (C=O) groups is 2. The highest BCUT2D eigenvalue weighted by molar-refractivity contribution is 6.01. The monoisotopic (exact) mass is 456 g/mol. The van der Waals surface area contributed by atoms with Gasteiger partial charge in [0.2, 0.25) is 5.91 Å². The summed E-state index contributed by atoms with van der Waals surface area (Å²) in [7, 11) is 0. The van der Waals surface area contributed by atoms with E-state index >= 15 is 0 Å². The van der Waals surface area contributed by atoms with E-state index in [1.165, 1.54) is 19.1 Å². The third-order valence-corrected chi connectivity index (χ3v) is 5.57. The largest absolute Gasteiger partial charge is 0.361 e. The summed E-state index contributed by atoms with van der Waals surface area (Å²) >= 11 is 0. The van der Waals surface area contributed by atoms with Crippen LogP contribution < -0.4 is 10.6 Å². The van der Waals surface area contributed by atoms with Gasteiger partial charge in [0.25, 0.3) is 5.91 Å². The summed E-state index contributed by atoms with van der Waals surface area (Å²) in [6, 6.07) is 18.8. The molecule has 172 valence electrons. The van der Waals surface area contributed by atoms with Crippen molar-refractivity contribution in [3.8, 4) is 22.5 Å². The van der Waals surface area contributed by atoms with Crippen molar-refractivity contribution < 1.29 is 14.0 Å². The first kappa shape index (κ1) is 22.9. The molecule has 6 nitrogen and oxygen atoms in total. The third-order valence-electron chi connectivity index (χ3n) is 5.57. The van der Waals surface area contributed by atoms with Crippen molar-refractivity contribution in [2.24, 2.45) is 0 Å². The first-order valence-electron chi connectivity index (χ1n) is 10.9. The Morgan fingerprint density at radius 3 is 2.50 bits per heavy atom. The van der Waals surface area contributed by atoms with Gasteiger partial charge in [0.05, 0.1) is 23.0 Å². The van der Waals surface area contributed by atoms with Crippen molar-refractivity contribution in [2.75, 3.05) is 6.54 Å². The van der Waals surface area contributed by atoms with Gasteiger partial charge in [-0.15, -0.1) is 0 Å². The molecule has 7 heteroatoms. The molecular weight excluding hydrogens is 431 g/mol. The predicted octanol–water partition coefficient (Wildman–Crippen LogP) is 4.80. The molecule has 0 aliphatic carbocycles. The highest BCUT2D eigenvalue weighted by Crippen LogP contribution is 2.29. The summed E-state index contributed by atoms with van der Waals surface area (Å²) in [6.45, 7) is 3.63. The molecule has 0 saturated carbocycles. The summed E-state index contributed by atoms with van der Waals surface area (Å²) in [4.78, 5) is 32.5. The number of aromatic nitrogens is 2. The van der Waals surface area contributed by atoms with Gasteiger partial charge in [-0.25, -0.2) is 4.39 Å². The van der Waals surface area contributed by atoms with Gasteiger partial charge in [-0.2, -0.15) is 0 Å². The van der Waals surface area contributed by atoms with Crippen molar-refractivity contribution >= 4 is 11.8 Å². The lowest BCUT2D eigenvalue weighted by Gasteiger charge is -2.20. The van der Waals surface area contributed by atoms with E-state index in [9.17, 15) is 14.0 Å². The normalized spacial score (nSPS) is 11.6. The molecule has 0 radical (unpaired) electrons. The standard InChI is InChI=1S/C27H25FN4O2/c1-17-15-31-24(20-8-10-21(28)11-9-20)14-23(17)26-22(12-13-29-26)27(34)32-25(16-30-18(2)33)19-6-4-3-5-7-19/h3-15,25,29H,16H2,1-2H3,(H,30,33)(H,32,34). The van der Waals surface area contributed by atoms with Gasteiger partial charge in [-0.1, -0.05) is 30.3 Å². The number of H-pyrrole nitrogens is 1. The van der Waals surface area contributed by atoms with E-state index in [1.807, 2.05) is 43.3 Å². The van der Waals surface area contributed by atoms with E-state index in [-0.39, 0.29) is 24.2 Å². The van der Waals surface area contributed by atoms with Crippen LogP contribution in [0, 0.1) is 12.7 Å².